The molecule has 26 heavy (non-hydrogen) atoms. The summed E-state index contributed by atoms with van der Waals surface area (Å²) in [6.07, 6.45) is 7.73. The summed E-state index contributed by atoms with van der Waals surface area (Å²) in [5, 5.41) is 3.28. The zero-order valence-electron chi connectivity index (χ0n) is 15.5. The van der Waals surface area contributed by atoms with E-state index >= 15 is 0 Å². The molecular weight excluding hydrogens is 352 g/mol. The fourth-order valence-electron chi connectivity index (χ4n) is 3.91. The third kappa shape index (κ3) is 5.12. The predicted octanol–water partition coefficient (Wildman–Crippen LogP) is 3.50. The van der Waals surface area contributed by atoms with Crippen molar-refractivity contribution < 1.29 is 14.3 Å². The van der Waals surface area contributed by atoms with Crippen molar-refractivity contribution in [2.24, 2.45) is 0 Å². The summed E-state index contributed by atoms with van der Waals surface area (Å²) in [6, 6.07) is 6.02. The van der Waals surface area contributed by atoms with Gasteiger partial charge in [-0.25, -0.2) is 0 Å². The van der Waals surface area contributed by atoms with E-state index in [1.54, 1.807) is 25.3 Å². The van der Waals surface area contributed by atoms with Gasteiger partial charge in [-0.05, 0) is 43.9 Å². The molecule has 1 aromatic carbocycles. The van der Waals surface area contributed by atoms with E-state index in [0.29, 0.717) is 29.5 Å². The Labute approximate surface area is 161 Å². The number of nitrogens with zero attached hydrogens (tertiary/aromatic N) is 1. The van der Waals surface area contributed by atoms with Crippen LogP contribution in [-0.2, 0) is 4.74 Å². The van der Waals surface area contributed by atoms with Gasteiger partial charge in [0.05, 0.1) is 11.6 Å². The molecule has 0 atom stereocenters. The molecule has 1 aromatic rings. The molecular formula is C20H29ClN2O3. The first-order chi connectivity index (χ1) is 12.7. The zero-order chi connectivity index (χ0) is 18.4. The molecule has 0 radical (unpaired) electrons. The van der Waals surface area contributed by atoms with E-state index < -0.39 is 0 Å². The van der Waals surface area contributed by atoms with Gasteiger partial charge in [0.15, 0.2) is 0 Å². The molecule has 0 bridgehead atoms. The molecule has 0 spiro atoms. The molecule has 0 unspecified atom stereocenters. The minimum atomic E-state index is -0.152. The van der Waals surface area contributed by atoms with Crippen LogP contribution in [0.15, 0.2) is 18.2 Å². The van der Waals surface area contributed by atoms with Gasteiger partial charge in [0.25, 0.3) is 5.91 Å². The van der Waals surface area contributed by atoms with Crippen molar-refractivity contribution in [3.63, 3.8) is 0 Å². The number of amides is 1. The third-order valence-corrected chi connectivity index (χ3v) is 5.69. The third-order valence-electron chi connectivity index (χ3n) is 5.40. The summed E-state index contributed by atoms with van der Waals surface area (Å²) < 4.78 is 11.1. The Balaban J connectivity index is 1.50. The van der Waals surface area contributed by atoms with Crippen LogP contribution < -0.4 is 10.1 Å². The minimum Gasteiger partial charge on any atom is -0.489 e. The van der Waals surface area contributed by atoms with E-state index in [2.05, 4.69) is 10.2 Å². The molecule has 1 saturated heterocycles. The minimum absolute atomic E-state index is 0.152. The van der Waals surface area contributed by atoms with Gasteiger partial charge in [0.1, 0.15) is 11.9 Å². The van der Waals surface area contributed by atoms with Crippen LogP contribution in [0.4, 0.5) is 0 Å². The maximum Gasteiger partial charge on any atom is 0.251 e. The second-order valence-electron chi connectivity index (χ2n) is 7.19. The van der Waals surface area contributed by atoms with Crippen LogP contribution in [0.5, 0.6) is 5.75 Å². The molecule has 5 nitrogen and oxygen atoms in total. The highest BCUT2D eigenvalue weighted by molar-refractivity contribution is 6.32. The molecule has 144 valence electrons. The topological polar surface area (TPSA) is 50.8 Å². The van der Waals surface area contributed by atoms with E-state index in [4.69, 9.17) is 21.1 Å². The van der Waals surface area contributed by atoms with Gasteiger partial charge >= 0.3 is 0 Å². The molecule has 1 saturated carbocycles. The Morgan fingerprint density at radius 3 is 2.62 bits per heavy atom. The van der Waals surface area contributed by atoms with E-state index in [1.807, 2.05) is 0 Å². The SMILES string of the molecule is COCCNC(=O)c1ccc(OC2CCN(C3CCCC3)CC2)c(Cl)c1. The highest BCUT2D eigenvalue weighted by atomic mass is 35.5. The average molecular weight is 381 g/mol. The van der Waals surface area contributed by atoms with Crippen LogP contribution in [0.3, 0.4) is 0 Å². The number of likely N-dealkylation sites (tertiary alicyclic amines) is 1. The quantitative estimate of drug-likeness (QED) is 0.735. The standard InChI is InChI=1S/C20H29ClN2O3/c1-25-13-10-22-20(24)15-6-7-19(18(21)14-15)26-17-8-11-23(12-9-17)16-4-2-3-5-16/h6-7,14,16-17H,2-5,8-13H2,1H3,(H,22,24). The van der Waals surface area contributed by atoms with Crippen LogP contribution in [0, 0.1) is 0 Å². The zero-order valence-corrected chi connectivity index (χ0v) is 16.3. The van der Waals surface area contributed by atoms with Gasteiger partial charge in [-0.2, -0.15) is 0 Å². The van der Waals surface area contributed by atoms with Crippen molar-refractivity contribution >= 4 is 17.5 Å². The lowest BCUT2D eigenvalue weighted by Gasteiger charge is -2.36. The highest BCUT2D eigenvalue weighted by Crippen LogP contribution is 2.30. The van der Waals surface area contributed by atoms with Crippen LogP contribution in [0.25, 0.3) is 0 Å². The van der Waals surface area contributed by atoms with Crippen LogP contribution in [0.2, 0.25) is 5.02 Å². The van der Waals surface area contributed by atoms with Crippen molar-refractivity contribution in [3.8, 4) is 5.75 Å². The maximum atomic E-state index is 12.1. The summed E-state index contributed by atoms with van der Waals surface area (Å²) in [6.45, 7) is 3.17. The summed E-state index contributed by atoms with van der Waals surface area (Å²) in [4.78, 5) is 14.7. The first-order valence-electron chi connectivity index (χ1n) is 9.65. The lowest BCUT2D eigenvalue weighted by Crippen LogP contribution is -2.43. The van der Waals surface area contributed by atoms with Crippen LogP contribution in [0.1, 0.15) is 48.9 Å². The highest BCUT2D eigenvalue weighted by Gasteiger charge is 2.28. The number of halogens is 1. The second-order valence-corrected chi connectivity index (χ2v) is 7.59. The molecule has 1 amide bonds. The molecule has 1 heterocycles. The smallest absolute Gasteiger partial charge is 0.251 e. The van der Waals surface area contributed by atoms with Gasteiger partial charge in [0, 0.05) is 38.3 Å². The Hall–Kier alpha value is -1.30. The molecule has 0 aromatic heterocycles. The van der Waals surface area contributed by atoms with Crippen molar-refractivity contribution in [1.82, 2.24) is 10.2 Å². The van der Waals surface area contributed by atoms with Gasteiger partial charge in [0.2, 0.25) is 0 Å². The van der Waals surface area contributed by atoms with Gasteiger partial charge in [-0.15, -0.1) is 0 Å². The normalized spacial score (nSPS) is 19.6. The summed E-state index contributed by atoms with van der Waals surface area (Å²) in [5.74, 6) is 0.514. The number of methoxy groups -OCH3 is 1. The van der Waals surface area contributed by atoms with Crippen molar-refractivity contribution in [2.45, 2.75) is 50.7 Å². The van der Waals surface area contributed by atoms with E-state index in [1.165, 1.54) is 25.7 Å². The van der Waals surface area contributed by atoms with Crippen LogP contribution in [-0.4, -0.2) is 56.3 Å². The van der Waals surface area contributed by atoms with Gasteiger partial charge in [-0.1, -0.05) is 24.4 Å². The second kappa shape index (κ2) is 9.58. The lowest BCUT2D eigenvalue weighted by molar-refractivity contribution is 0.0768. The Morgan fingerprint density at radius 2 is 1.96 bits per heavy atom. The molecule has 1 N–H and O–H groups in total. The van der Waals surface area contributed by atoms with E-state index in [-0.39, 0.29) is 12.0 Å². The number of hydrogen-bond donors (Lipinski definition) is 1. The summed E-state index contributed by atoms with van der Waals surface area (Å²) in [5.41, 5.74) is 0.537. The number of rotatable bonds is 7. The number of piperidine rings is 1. The number of ether oxygens (including phenoxy) is 2. The Kier molecular flexibility index (Phi) is 7.17. The lowest BCUT2D eigenvalue weighted by atomic mass is 10.0. The number of hydrogen-bond acceptors (Lipinski definition) is 4. The van der Waals surface area contributed by atoms with Crippen LogP contribution >= 0.6 is 11.6 Å². The monoisotopic (exact) mass is 380 g/mol. The molecule has 1 aliphatic heterocycles. The number of carbonyl (C=O) groups is 1. The maximum absolute atomic E-state index is 12.1. The molecule has 2 fully saturated rings. The molecule has 1 aliphatic carbocycles. The van der Waals surface area contributed by atoms with Crippen molar-refractivity contribution in [1.29, 1.82) is 0 Å². The first-order valence-corrected chi connectivity index (χ1v) is 10.0. The molecule has 6 heteroatoms. The Morgan fingerprint density at radius 1 is 1.23 bits per heavy atom. The molecule has 2 aliphatic rings. The average Bonchev–Trinajstić information content (AvgIpc) is 3.19. The predicted molar refractivity (Wildman–Crippen MR) is 103 cm³/mol. The Bertz CT molecular complexity index is 597. The fourth-order valence-corrected chi connectivity index (χ4v) is 4.14. The van der Waals surface area contributed by atoms with E-state index in [9.17, 15) is 4.79 Å². The summed E-state index contributed by atoms with van der Waals surface area (Å²) in [7, 11) is 1.60. The van der Waals surface area contributed by atoms with Gasteiger partial charge < -0.3 is 19.7 Å². The van der Waals surface area contributed by atoms with Crippen molar-refractivity contribution in [3.05, 3.63) is 28.8 Å². The van der Waals surface area contributed by atoms with Crippen molar-refractivity contribution in [2.75, 3.05) is 33.4 Å². The number of benzene rings is 1. The van der Waals surface area contributed by atoms with E-state index in [0.717, 1.165) is 32.0 Å². The summed E-state index contributed by atoms with van der Waals surface area (Å²) >= 11 is 6.35. The number of nitrogens with one attached hydrogen (secondary N) is 1. The molecule has 3 rings (SSSR count). The van der Waals surface area contributed by atoms with Gasteiger partial charge in [-0.3, -0.25) is 4.79 Å². The fraction of sp³-hybridized carbons (Fsp3) is 0.650. The number of carbonyl (C=O) groups excluding carboxylic acids is 1. The first kappa shape index (κ1) is 19.5. The largest absolute Gasteiger partial charge is 0.489 e.